The van der Waals surface area contributed by atoms with Crippen molar-refractivity contribution in [2.45, 2.75) is 35.0 Å². The summed E-state index contributed by atoms with van der Waals surface area (Å²) in [5.41, 5.74) is 0. The van der Waals surface area contributed by atoms with Crippen LogP contribution in [-0.4, -0.2) is 23.9 Å². The molecule has 0 aromatic heterocycles. The third kappa shape index (κ3) is 7.82. The normalized spacial score (nSPS) is 13.3. The summed E-state index contributed by atoms with van der Waals surface area (Å²) >= 11 is 10.4. The van der Waals surface area contributed by atoms with Crippen LogP contribution >= 0.6 is 47.8 Å². The standard InChI is InChI=1S/C8H17Br3O2Si/c1-4-12-14(3,13-5-2)7-6-8(9,10)11/h4-7H2,1-3H3. The summed E-state index contributed by atoms with van der Waals surface area (Å²) in [5, 5.41) is 0. The lowest BCUT2D eigenvalue weighted by Gasteiger charge is -2.27. The van der Waals surface area contributed by atoms with Crippen LogP contribution < -0.4 is 0 Å². The van der Waals surface area contributed by atoms with Crippen LogP contribution in [0.2, 0.25) is 12.6 Å². The highest BCUT2D eigenvalue weighted by Gasteiger charge is 2.33. The van der Waals surface area contributed by atoms with E-state index in [-0.39, 0.29) is 2.14 Å². The Labute approximate surface area is 113 Å². The number of alkyl halides is 3. The van der Waals surface area contributed by atoms with Crippen molar-refractivity contribution >= 4 is 56.4 Å². The Bertz CT molecular complexity index is 155. The molecule has 0 spiro atoms. The van der Waals surface area contributed by atoms with Crippen LogP contribution in [0.1, 0.15) is 20.3 Å². The second-order valence-corrected chi connectivity index (χ2v) is 13.7. The molecule has 0 unspecified atom stereocenters. The molecule has 6 heteroatoms. The van der Waals surface area contributed by atoms with Crippen molar-refractivity contribution < 1.29 is 8.85 Å². The lowest BCUT2D eigenvalue weighted by Crippen LogP contribution is -2.39. The molecule has 0 fully saturated rings. The average Bonchev–Trinajstić information content (AvgIpc) is 2.01. The van der Waals surface area contributed by atoms with E-state index in [1.807, 2.05) is 13.8 Å². The molecule has 14 heavy (non-hydrogen) atoms. The van der Waals surface area contributed by atoms with Crippen LogP contribution in [0.25, 0.3) is 0 Å². The fourth-order valence-electron chi connectivity index (χ4n) is 1.17. The van der Waals surface area contributed by atoms with Gasteiger partial charge in [0.2, 0.25) is 0 Å². The van der Waals surface area contributed by atoms with E-state index in [2.05, 4.69) is 54.3 Å². The van der Waals surface area contributed by atoms with Crippen LogP contribution in [0.15, 0.2) is 0 Å². The Balaban J connectivity index is 4.08. The van der Waals surface area contributed by atoms with Crippen LogP contribution in [0.3, 0.4) is 0 Å². The zero-order valence-electron chi connectivity index (χ0n) is 8.78. The molecule has 0 radical (unpaired) electrons. The first-order chi connectivity index (χ1) is 6.33. The highest BCUT2D eigenvalue weighted by Crippen LogP contribution is 2.39. The largest absolute Gasteiger partial charge is 0.395 e. The molecule has 0 saturated carbocycles. The monoisotopic (exact) mass is 410 g/mol. The highest BCUT2D eigenvalue weighted by atomic mass is 80.0. The number of rotatable bonds is 6. The van der Waals surface area contributed by atoms with Crippen molar-refractivity contribution in [3.8, 4) is 0 Å². The molecule has 0 aliphatic rings. The summed E-state index contributed by atoms with van der Waals surface area (Å²) in [6.45, 7) is 7.58. The zero-order chi connectivity index (χ0) is 11.2. The zero-order valence-corrected chi connectivity index (χ0v) is 14.5. The van der Waals surface area contributed by atoms with Gasteiger partial charge in [0.25, 0.3) is 0 Å². The lowest BCUT2D eigenvalue weighted by molar-refractivity contribution is 0.188. The maximum absolute atomic E-state index is 5.72. The van der Waals surface area contributed by atoms with E-state index in [1.54, 1.807) is 0 Å². The Kier molecular flexibility index (Phi) is 7.80. The quantitative estimate of drug-likeness (QED) is 0.476. The molecule has 0 aromatic rings. The van der Waals surface area contributed by atoms with Gasteiger partial charge in [0.05, 0.1) is 0 Å². The van der Waals surface area contributed by atoms with Gasteiger partial charge < -0.3 is 8.85 Å². The van der Waals surface area contributed by atoms with Crippen LogP contribution in [0, 0.1) is 0 Å². The van der Waals surface area contributed by atoms with E-state index in [0.29, 0.717) is 0 Å². The van der Waals surface area contributed by atoms with Gasteiger partial charge in [-0.15, -0.1) is 0 Å². The predicted octanol–water partition coefficient (Wildman–Crippen LogP) is 4.36. The average molecular weight is 413 g/mol. The van der Waals surface area contributed by atoms with Crippen molar-refractivity contribution in [2.75, 3.05) is 13.2 Å². The summed E-state index contributed by atoms with van der Waals surface area (Å²) in [6, 6.07) is 0.955. The molecule has 2 nitrogen and oxygen atoms in total. The minimum absolute atomic E-state index is 0.185. The smallest absolute Gasteiger partial charge is 0.335 e. The molecular formula is C8H17Br3O2Si. The number of hydrogen-bond donors (Lipinski definition) is 0. The molecule has 86 valence electrons. The summed E-state index contributed by atoms with van der Waals surface area (Å²) in [7, 11) is -1.95. The van der Waals surface area contributed by atoms with Gasteiger partial charge in [0.15, 0.2) is 0 Å². The molecule has 0 bridgehead atoms. The van der Waals surface area contributed by atoms with Gasteiger partial charge >= 0.3 is 8.56 Å². The summed E-state index contributed by atoms with van der Waals surface area (Å²) in [5.74, 6) is 0. The van der Waals surface area contributed by atoms with Gasteiger partial charge in [-0.1, -0.05) is 47.8 Å². The molecule has 0 rings (SSSR count). The predicted molar refractivity (Wildman–Crippen MR) is 73.8 cm³/mol. The maximum Gasteiger partial charge on any atom is 0.335 e. The molecule has 0 aliphatic carbocycles. The van der Waals surface area contributed by atoms with E-state index in [9.17, 15) is 0 Å². The SMILES string of the molecule is CCO[Si](C)(CCC(Br)(Br)Br)OCC. The lowest BCUT2D eigenvalue weighted by atomic mass is 10.6. The molecule has 0 aliphatic heterocycles. The third-order valence-corrected chi connectivity index (χ3v) is 5.91. The van der Waals surface area contributed by atoms with E-state index in [4.69, 9.17) is 8.85 Å². The topological polar surface area (TPSA) is 18.5 Å². The molecule has 0 saturated heterocycles. The first-order valence-corrected chi connectivity index (χ1v) is 9.58. The van der Waals surface area contributed by atoms with E-state index < -0.39 is 8.56 Å². The molecule has 0 heterocycles. The van der Waals surface area contributed by atoms with Gasteiger partial charge in [0.1, 0.15) is 2.14 Å². The van der Waals surface area contributed by atoms with Crippen LogP contribution in [-0.2, 0) is 8.85 Å². The minimum atomic E-state index is -1.95. The second kappa shape index (κ2) is 7.01. The molecule has 0 atom stereocenters. The molecule has 0 amide bonds. The third-order valence-electron chi connectivity index (χ3n) is 1.76. The summed E-state index contributed by atoms with van der Waals surface area (Å²) in [6.07, 6.45) is 0.926. The maximum atomic E-state index is 5.72. The van der Waals surface area contributed by atoms with Crippen molar-refractivity contribution in [2.24, 2.45) is 0 Å². The van der Waals surface area contributed by atoms with Crippen molar-refractivity contribution in [3.63, 3.8) is 0 Å². The first-order valence-electron chi connectivity index (χ1n) is 4.67. The Morgan fingerprint density at radius 2 is 1.50 bits per heavy atom. The van der Waals surface area contributed by atoms with Crippen LogP contribution in [0.4, 0.5) is 0 Å². The van der Waals surface area contributed by atoms with Gasteiger partial charge in [-0.2, -0.15) is 0 Å². The van der Waals surface area contributed by atoms with E-state index in [0.717, 1.165) is 25.7 Å². The van der Waals surface area contributed by atoms with Crippen molar-refractivity contribution in [1.82, 2.24) is 0 Å². The van der Waals surface area contributed by atoms with Crippen molar-refractivity contribution in [3.05, 3.63) is 0 Å². The molecular weight excluding hydrogens is 396 g/mol. The highest BCUT2D eigenvalue weighted by molar-refractivity contribution is 9.39. The van der Waals surface area contributed by atoms with E-state index in [1.165, 1.54) is 0 Å². The summed E-state index contributed by atoms with van der Waals surface area (Å²) < 4.78 is 11.3. The van der Waals surface area contributed by atoms with Crippen LogP contribution in [0.5, 0.6) is 0 Å². The van der Waals surface area contributed by atoms with Gasteiger partial charge in [-0.25, -0.2) is 0 Å². The minimum Gasteiger partial charge on any atom is -0.395 e. The Morgan fingerprint density at radius 3 is 1.79 bits per heavy atom. The number of hydrogen-bond acceptors (Lipinski definition) is 2. The number of halogens is 3. The Hall–Kier alpha value is 1.58. The summed E-state index contributed by atoms with van der Waals surface area (Å²) in [4.78, 5) is 0. The van der Waals surface area contributed by atoms with Gasteiger partial charge in [-0.05, 0) is 32.9 Å². The molecule has 0 N–H and O–H groups in total. The van der Waals surface area contributed by atoms with Crippen molar-refractivity contribution in [1.29, 1.82) is 0 Å². The van der Waals surface area contributed by atoms with E-state index >= 15 is 0 Å². The molecule has 0 aromatic carbocycles. The fourth-order valence-corrected chi connectivity index (χ4v) is 5.28. The van der Waals surface area contributed by atoms with Gasteiger partial charge in [-0.3, -0.25) is 0 Å². The Morgan fingerprint density at radius 1 is 1.07 bits per heavy atom. The second-order valence-electron chi connectivity index (χ2n) is 3.12. The first kappa shape index (κ1) is 15.6. The fraction of sp³-hybridized carbons (Fsp3) is 1.00. The van der Waals surface area contributed by atoms with Gasteiger partial charge in [0, 0.05) is 13.2 Å².